The highest BCUT2D eigenvalue weighted by molar-refractivity contribution is 6.34. The molecule has 10 rings (SSSR count). The van der Waals surface area contributed by atoms with Gasteiger partial charge in [0.15, 0.2) is 23.1 Å². The molecule has 2 aromatic heterocycles. The molecule has 21 heteroatoms. The summed E-state index contributed by atoms with van der Waals surface area (Å²) < 4.78 is 78.2. The van der Waals surface area contributed by atoms with E-state index < -0.39 is 70.1 Å². The van der Waals surface area contributed by atoms with Crippen molar-refractivity contribution in [3.8, 4) is 22.8 Å². The number of hydrogen-bond acceptors (Lipinski definition) is 11. The lowest BCUT2D eigenvalue weighted by atomic mass is 9.77. The third-order valence-electron chi connectivity index (χ3n) is 16.6. The van der Waals surface area contributed by atoms with E-state index in [1.807, 2.05) is 49.1 Å². The Morgan fingerprint density at radius 2 is 1.68 bits per heavy atom. The molecule has 76 heavy (non-hydrogen) atoms. The van der Waals surface area contributed by atoms with Gasteiger partial charge in [-0.25, -0.2) is 27.3 Å². The number of primary amides is 1. The molecule has 1 aliphatic carbocycles. The zero-order valence-corrected chi connectivity index (χ0v) is 43.4. The number of amides is 5. The third kappa shape index (κ3) is 9.74. The third-order valence-corrected chi connectivity index (χ3v) is 17.0. The van der Waals surface area contributed by atoms with Gasteiger partial charge in [0.2, 0.25) is 11.8 Å². The van der Waals surface area contributed by atoms with Crippen LogP contribution in [-0.2, 0) is 22.2 Å². The number of hydrogen-bond donors (Lipinski definition) is 4. The topological polar surface area (TPSA) is 197 Å². The number of fused-ring (bicyclic) bond motifs is 2. The van der Waals surface area contributed by atoms with Gasteiger partial charge in [-0.05, 0) is 80.9 Å². The van der Waals surface area contributed by atoms with Crippen LogP contribution in [0.2, 0.25) is 5.02 Å². The van der Waals surface area contributed by atoms with E-state index in [2.05, 4.69) is 25.6 Å². The minimum absolute atomic E-state index is 0.0219. The van der Waals surface area contributed by atoms with Gasteiger partial charge in [-0.3, -0.25) is 29.3 Å². The molecule has 404 valence electrons. The molecule has 4 aliphatic heterocycles. The Labute approximate surface area is 442 Å². The fourth-order valence-corrected chi connectivity index (χ4v) is 12.9. The summed E-state index contributed by atoms with van der Waals surface area (Å²) in [6.45, 7) is 6.99. The molecule has 1 saturated carbocycles. The van der Waals surface area contributed by atoms with E-state index in [-0.39, 0.29) is 101 Å². The number of carbonyl (C=O) groups excluding carboxylic acids is 4. The summed E-state index contributed by atoms with van der Waals surface area (Å²) in [5.41, 5.74) is 5.01. The van der Waals surface area contributed by atoms with Gasteiger partial charge < -0.3 is 35.4 Å². The number of aliphatic hydroxyl groups is 1. The van der Waals surface area contributed by atoms with Crippen molar-refractivity contribution >= 4 is 52.1 Å². The van der Waals surface area contributed by atoms with Crippen LogP contribution in [-0.4, -0.2) is 118 Å². The van der Waals surface area contributed by atoms with E-state index in [1.165, 1.54) is 21.7 Å². The van der Waals surface area contributed by atoms with Crippen LogP contribution < -0.4 is 30.7 Å². The van der Waals surface area contributed by atoms with E-state index in [0.29, 0.717) is 56.9 Å². The van der Waals surface area contributed by atoms with Gasteiger partial charge in [0.05, 0.1) is 22.6 Å². The van der Waals surface area contributed by atoms with Crippen molar-refractivity contribution in [1.82, 2.24) is 35.2 Å². The van der Waals surface area contributed by atoms with E-state index >= 15 is 17.6 Å². The number of likely N-dealkylation sites (tertiary alicyclic amines) is 2. The number of nitrogens with one attached hydrogen (secondary N) is 2. The summed E-state index contributed by atoms with van der Waals surface area (Å²) in [5, 5.41) is 19.4. The number of pyridine rings is 1. The average Bonchev–Trinajstić information content (AvgIpc) is 3.88. The number of carbonyl (C=O) groups is 4. The normalized spacial score (nSPS) is 24.4. The van der Waals surface area contributed by atoms with E-state index in [4.69, 9.17) is 26.8 Å². The smallest absolute Gasteiger partial charge is 0.329 e. The Morgan fingerprint density at radius 1 is 0.947 bits per heavy atom. The van der Waals surface area contributed by atoms with Crippen LogP contribution in [0.3, 0.4) is 0 Å². The van der Waals surface area contributed by atoms with Gasteiger partial charge in [-0.2, -0.15) is 5.10 Å². The molecule has 6 heterocycles. The van der Waals surface area contributed by atoms with Gasteiger partial charge in [-0.15, -0.1) is 0 Å². The molecule has 3 aromatic carbocycles. The number of benzene rings is 3. The molecule has 4 atom stereocenters. The van der Waals surface area contributed by atoms with E-state index in [0.717, 1.165) is 44.0 Å². The van der Waals surface area contributed by atoms with Crippen LogP contribution in [0.4, 0.5) is 28.2 Å². The number of piperidine rings is 2. The number of aromatic nitrogens is 3. The highest BCUT2D eigenvalue weighted by atomic mass is 35.5. The Balaban J connectivity index is 0.746. The van der Waals surface area contributed by atoms with Crippen LogP contribution >= 0.6 is 11.6 Å². The summed E-state index contributed by atoms with van der Waals surface area (Å²) >= 11 is 6.70. The van der Waals surface area contributed by atoms with Crippen molar-refractivity contribution in [2.75, 3.05) is 63.9 Å². The molecule has 0 spiro atoms. The van der Waals surface area contributed by atoms with E-state index in [9.17, 15) is 24.3 Å². The fourth-order valence-electron chi connectivity index (χ4n) is 12.6. The Kier molecular flexibility index (Phi) is 15.1. The molecule has 0 bridgehead atoms. The number of anilines is 1. The first-order valence-corrected chi connectivity index (χ1v) is 26.6. The molecule has 5 aromatic rings. The number of urea groups is 1. The molecule has 0 radical (unpaired) electrons. The maximum Gasteiger partial charge on any atom is 0.329 e. The van der Waals surface area contributed by atoms with Gasteiger partial charge >= 0.3 is 6.03 Å². The Bertz CT molecular complexity index is 3080. The number of ether oxygens (including phenoxy) is 2. The number of aliphatic hydroxyl groups excluding tert-OH is 1. The fraction of sp³-hybridized carbons (Fsp3) is 0.491. The highest BCUT2D eigenvalue weighted by Crippen LogP contribution is 2.56. The minimum Gasteiger partial charge on any atom is -0.480 e. The molecular formula is C55H62ClF4N9O7. The summed E-state index contributed by atoms with van der Waals surface area (Å²) in [7, 11) is 1.56. The second-order valence-electron chi connectivity index (χ2n) is 21.2. The lowest BCUT2D eigenvalue weighted by molar-refractivity contribution is -0.138. The van der Waals surface area contributed by atoms with Crippen LogP contribution in [0.25, 0.3) is 22.0 Å². The average molecular weight is 1070 g/mol. The molecule has 3 saturated heterocycles. The number of aryl methyl sites for hydroxylation is 1. The van der Waals surface area contributed by atoms with Crippen LogP contribution in [0.5, 0.6) is 11.6 Å². The zero-order valence-electron chi connectivity index (χ0n) is 42.7. The van der Waals surface area contributed by atoms with Crippen molar-refractivity contribution in [1.29, 1.82) is 0 Å². The van der Waals surface area contributed by atoms with Gasteiger partial charge in [0.25, 0.3) is 11.8 Å². The Morgan fingerprint density at radius 3 is 2.37 bits per heavy atom. The van der Waals surface area contributed by atoms with Crippen LogP contribution in [0, 0.1) is 41.0 Å². The van der Waals surface area contributed by atoms with Crippen LogP contribution in [0.15, 0.2) is 48.7 Å². The van der Waals surface area contributed by atoms with Crippen molar-refractivity contribution in [2.45, 2.75) is 88.7 Å². The van der Waals surface area contributed by atoms with E-state index in [1.54, 1.807) is 7.05 Å². The molecule has 5 aliphatic rings. The number of halogens is 5. The van der Waals surface area contributed by atoms with Crippen LogP contribution in [0.1, 0.15) is 104 Å². The lowest BCUT2D eigenvalue weighted by Gasteiger charge is -2.41. The first-order valence-electron chi connectivity index (χ1n) is 26.2. The summed E-state index contributed by atoms with van der Waals surface area (Å²) in [5.74, 6) is -5.68. The summed E-state index contributed by atoms with van der Waals surface area (Å²) in [6.07, 6.45) is 6.21. The number of nitrogens with two attached hydrogens (primary N) is 1. The first kappa shape index (κ1) is 53.1. The monoisotopic (exact) mass is 1070 g/mol. The predicted molar refractivity (Wildman–Crippen MR) is 275 cm³/mol. The second-order valence-corrected chi connectivity index (χ2v) is 21.5. The minimum atomic E-state index is -1.15. The van der Waals surface area contributed by atoms with Crippen molar-refractivity contribution < 1.29 is 51.3 Å². The van der Waals surface area contributed by atoms with Crippen molar-refractivity contribution in [3.63, 3.8) is 0 Å². The molecule has 4 fully saturated rings. The Hall–Kier alpha value is -6.35. The molecule has 5 N–H and O–H groups in total. The quantitative estimate of drug-likeness (QED) is 0.0797. The standard InChI is InChI=1S/C55H62ClF4N9O7/c1-29-26-67(17-15-35(29)43-38(57)23-36-49(47(43)59)66(3)65-51(36)69-20-16-41(71)64-54(69)74)27-31-13-18-68(19-14-31)53(73)32-9-11-34(12-10-32)63-28-55(33-7-5-4-6-8-33)30(2)42-40(76-55)24-39(58)46(56)45(42)44-37(50(61)72)25-62-52(48(44)60)75-22-21-70/h4-8,23-25,29-32,34-35,63,70H,9-22,26-28H2,1-3H3,(H2,61,72)(H,64,71,74). The van der Waals surface area contributed by atoms with Crippen molar-refractivity contribution in [2.24, 2.45) is 30.5 Å². The number of imide groups is 1. The summed E-state index contributed by atoms with van der Waals surface area (Å²) in [6, 6.07) is 11.2. The SMILES string of the molecule is CC1CN(CC2CCN(C(=O)C3CCC(NCC4(c5ccccc5)Oc5cc(F)c(Cl)c(-c6c(C(N)=O)cnc(OCCO)c6F)c5C4C)CC3)CC2)CCC1c1c(F)cc2c(N3CCC(=O)NC3=O)nn(C)c2c1F. The molecule has 4 unspecified atom stereocenters. The summed E-state index contributed by atoms with van der Waals surface area (Å²) in [4.78, 5) is 60.6. The van der Waals surface area contributed by atoms with Gasteiger partial charge in [-0.1, -0.05) is 55.8 Å². The largest absolute Gasteiger partial charge is 0.480 e. The zero-order chi connectivity index (χ0) is 53.7. The maximum atomic E-state index is 16.4. The van der Waals surface area contributed by atoms with Gasteiger partial charge in [0, 0.05) is 105 Å². The first-order chi connectivity index (χ1) is 36.5. The molecule has 16 nitrogen and oxygen atoms in total. The second kappa shape index (κ2) is 21.6. The van der Waals surface area contributed by atoms with Gasteiger partial charge in [0.1, 0.15) is 29.5 Å². The maximum absolute atomic E-state index is 16.4. The lowest BCUT2D eigenvalue weighted by Crippen LogP contribution is -2.49. The predicted octanol–water partition coefficient (Wildman–Crippen LogP) is 7.67. The molecular weight excluding hydrogens is 1010 g/mol. The van der Waals surface area contributed by atoms with Crippen molar-refractivity contribution in [3.05, 3.63) is 99.2 Å². The highest BCUT2D eigenvalue weighted by Gasteiger charge is 2.51. The number of nitrogens with zero attached hydrogens (tertiary/aromatic N) is 6. The number of rotatable bonds is 14. The molecule has 5 amide bonds.